The van der Waals surface area contributed by atoms with Crippen molar-refractivity contribution in [3.63, 3.8) is 0 Å². The molecule has 0 unspecified atom stereocenters. The van der Waals surface area contributed by atoms with Gasteiger partial charge in [0.2, 0.25) is 5.88 Å². The van der Waals surface area contributed by atoms with Crippen LogP contribution < -0.4 is 4.74 Å². The minimum absolute atomic E-state index is 0.0255. The van der Waals surface area contributed by atoms with Crippen molar-refractivity contribution < 1.29 is 9.47 Å². The van der Waals surface area contributed by atoms with Gasteiger partial charge in [0, 0.05) is 38.4 Å². The third-order valence-corrected chi connectivity index (χ3v) is 3.84. The van der Waals surface area contributed by atoms with Gasteiger partial charge in [0.15, 0.2) is 5.82 Å². The van der Waals surface area contributed by atoms with E-state index < -0.39 is 0 Å². The summed E-state index contributed by atoms with van der Waals surface area (Å²) in [6.07, 6.45) is 3.59. The molecule has 0 aromatic carbocycles. The predicted molar refractivity (Wildman–Crippen MR) is 80.5 cm³/mol. The first-order valence-electron chi connectivity index (χ1n) is 7.50. The molecule has 1 saturated heterocycles. The van der Waals surface area contributed by atoms with E-state index in [4.69, 9.17) is 9.47 Å². The van der Waals surface area contributed by atoms with Gasteiger partial charge < -0.3 is 14.0 Å². The van der Waals surface area contributed by atoms with Gasteiger partial charge in [0.25, 0.3) is 0 Å². The molecule has 0 radical (unpaired) electrons. The number of pyridine rings is 1. The minimum Gasteiger partial charge on any atom is -0.481 e. The van der Waals surface area contributed by atoms with Crippen molar-refractivity contribution in [3.05, 3.63) is 36.0 Å². The summed E-state index contributed by atoms with van der Waals surface area (Å²) in [6, 6.07) is 3.94. The number of aromatic nitrogens is 4. The second-order valence-electron chi connectivity index (χ2n) is 5.28. The first-order chi connectivity index (χ1) is 10.8. The number of hydrogen-bond acceptors (Lipinski definition) is 6. The topological polar surface area (TPSA) is 65.3 Å². The molecule has 0 amide bonds. The van der Waals surface area contributed by atoms with E-state index in [1.165, 1.54) is 5.56 Å². The normalized spacial score (nSPS) is 19.3. The number of ether oxygens (including phenoxy) is 2. The standard InChI is InChI=1S/C15H21N5O2/c1-3-20-11-17-18-15(20)13-10-19(6-7-22-13)9-12-4-5-14(21-2)16-8-12/h4-5,8,11,13H,3,6-7,9-10H2,1-2H3/t13-/m0/s1. The van der Waals surface area contributed by atoms with Gasteiger partial charge >= 0.3 is 0 Å². The summed E-state index contributed by atoms with van der Waals surface area (Å²) in [6.45, 7) is 6.19. The molecule has 1 fully saturated rings. The van der Waals surface area contributed by atoms with Crippen LogP contribution in [0.4, 0.5) is 0 Å². The van der Waals surface area contributed by atoms with Crippen LogP contribution in [-0.2, 0) is 17.8 Å². The van der Waals surface area contributed by atoms with Gasteiger partial charge in [-0.1, -0.05) is 6.07 Å². The Bertz CT molecular complexity index is 598. The molecule has 7 nitrogen and oxygen atoms in total. The molecule has 1 aliphatic heterocycles. The molecular weight excluding hydrogens is 282 g/mol. The SMILES string of the molecule is CCn1cnnc1[C@@H]1CN(Cc2ccc(OC)nc2)CCO1. The Hall–Kier alpha value is -1.99. The Morgan fingerprint density at radius 1 is 1.41 bits per heavy atom. The molecule has 1 atom stereocenters. The van der Waals surface area contributed by atoms with Crippen LogP contribution in [0.15, 0.2) is 24.7 Å². The summed E-state index contributed by atoms with van der Waals surface area (Å²) in [5.74, 6) is 1.54. The van der Waals surface area contributed by atoms with Gasteiger partial charge in [-0.25, -0.2) is 4.98 Å². The zero-order chi connectivity index (χ0) is 15.4. The van der Waals surface area contributed by atoms with E-state index in [1.807, 2.05) is 22.9 Å². The molecule has 0 aliphatic carbocycles. The van der Waals surface area contributed by atoms with Crippen LogP contribution in [0.25, 0.3) is 0 Å². The highest BCUT2D eigenvalue weighted by Crippen LogP contribution is 2.21. The van der Waals surface area contributed by atoms with E-state index in [2.05, 4.69) is 27.0 Å². The summed E-state index contributed by atoms with van der Waals surface area (Å²) in [7, 11) is 1.62. The smallest absolute Gasteiger partial charge is 0.212 e. The van der Waals surface area contributed by atoms with Crippen molar-refractivity contribution in [1.82, 2.24) is 24.6 Å². The predicted octanol–water partition coefficient (Wildman–Crippen LogP) is 1.28. The van der Waals surface area contributed by atoms with Crippen molar-refractivity contribution in [3.8, 4) is 5.88 Å². The highest BCUT2D eigenvalue weighted by atomic mass is 16.5. The van der Waals surface area contributed by atoms with E-state index in [0.717, 1.165) is 32.0 Å². The van der Waals surface area contributed by atoms with Crippen LogP contribution in [0.3, 0.4) is 0 Å². The third-order valence-electron chi connectivity index (χ3n) is 3.84. The summed E-state index contributed by atoms with van der Waals surface area (Å²) in [5.41, 5.74) is 1.17. The first kappa shape index (κ1) is 14.9. The summed E-state index contributed by atoms with van der Waals surface area (Å²) in [5, 5.41) is 8.19. The van der Waals surface area contributed by atoms with Crippen molar-refractivity contribution in [2.75, 3.05) is 26.8 Å². The lowest BCUT2D eigenvalue weighted by Crippen LogP contribution is -2.38. The third kappa shape index (κ3) is 3.26. The lowest BCUT2D eigenvalue weighted by atomic mass is 10.2. The van der Waals surface area contributed by atoms with Crippen molar-refractivity contribution in [2.24, 2.45) is 0 Å². The van der Waals surface area contributed by atoms with Crippen LogP contribution in [0, 0.1) is 0 Å². The zero-order valence-electron chi connectivity index (χ0n) is 13.0. The van der Waals surface area contributed by atoms with E-state index in [0.29, 0.717) is 12.5 Å². The Kier molecular flexibility index (Phi) is 4.65. The van der Waals surface area contributed by atoms with Crippen molar-refractivity contribution >= 4 is 0 Å². The van der Waals surface area contributed by atoms with E-state index in [-0.39, 0.29) is 6.10 Å². The average molecular weight is 303 g/mol. The van der Waals surface area contributed by atoms with Crippen LogP contribution in [0.1, 0.15) is 24.4 Å². The lowest BCUT2D eigenvalue weighted by molar-refractivity contribution is -0.0389. The second-order valence-corrected chi connectivity index (χ2v) is 5.28. The van der Waals surface area contributed by atoms with Crippen LogP contribution in [0.2, 0.25) is 0 Å². The molecule has 118 valence electrons. The Morgan fingerprint density at radius 2 is 2.32 bits per heavy atom. The molecule has 7 heteroatoms. The summed E-state index contributed by atoms with van der Waals surface area (Å²) >= 11 is 0. The fourth-order valence-electron chi connectivity index (χ4n) is 2.64. The molecule has 0 saturated carbocycles. The molecule has 2 aromatic rings. The zero-order valence-corrected chi connectivity index (χ0v) is 13.0. The van der Waals surface area contributed by atoms with Gasteiger partial charge in [0.05, 0.1) is 13.7 Å². The Morgan fingerprint density at radius 3 is 3.05 bits per heavy atom. The van der Waals surface area contributed by atoms with E-state index >= 15 is 0 Å². The molecule has 22 heavy (non-hydrogen) atoms. The quantitative estimate of drug-likeness (QED) is 0.829. The van der Waals surface area contributed by atoms with Gasteiger partial charge in [-0.15, -0.1) is 10.2 Å². The van der Waals surface area contributed by atoms with Crippen LogP contribution in [-0.4, -0.2) is 51.5 Å². The largest absolute Gasteiger partial charge is 0.481 e. The fourth-order valence-corrected chi connectivity index (χ4v) is 2.64. The summed E-state index contributed by atoms with van der Waals surface area (Å²) < 4.78 is 13.0. The van der Waals surface area contributed by atoms with Crippen molar-refractivity contribution in [1.29, 1.82) is 0 Å². The van der Waals surface area contributed by atoms with Crippen molar-refractivity contribution in [2.45, 2.75) is 26.1 Å². The maximum atomic E-state index is 5.87. The molecule has 3 heterocycles. The van der Waals surface area contributed by atoms with Gasteiger partial charge in [-0.2, -0.15) is 0 Å². The Balaban J connectivity index is 1.65. The highest BCUT2D eigenvalue weighted by Gasteiger charge is 2.25. The number of nitrogens with zero attached hydrogens (tertiary/aromatic N) is 5. The first-order valence-corrected chi connectivity index (χ1v) is 7.50. The number of morpholine rings is 1. The maximum absolute atomic E-state index is 5.87. The van der Waals surface area contributed by atoms with E-state index in [9.17, 15) is 0 Å². The fraction of sp³-hybridized carbons (Fsp3) is 0.533. The van der Waals surface area contributed by atoms with E-state index in [1.54, 1.807) is 13.4 Å². The number of hydrogen-bond donors (Lipinski definition) is 0. The molecule has 1 aliphatic rings. The lowest BCUT2D eigenvalue weighted by Gasteiger charge is -2.32. The van der Waals surface area contributed by atoms with Gasteiger partial charge in [-0.3, -0.25) is 4.90 Å². The number of aryl methyl sites for hydroxylation is 1. The molecule has 0 N–H and O–H groups in total. The number of rotatable bonds is 5. The molecular formula is C15H21N5O2. The second kappa shape index (κ2) is 6.85. The van der Waals surface area contributed by atoms with Gasteiger partial charge in [0.1, 0.15) is 12.4 Å². The summed E-state index contributed by atoms with van der Waals surface area (Å²) in [4.78, 5) is 6.61. The van der Waals surface area contributed by atoms with Crippen LogP contribution >= 0.6 is 0 Å². The van der Waals surface area contributed by atoms with Gasteiger partial charge in [-0.05, 0) is 12.5 Å². The maximum Gasteiger partial charge on any atom is 0.212 e. The minimum atomic E-state index is -0.0255. The number of methoxy groups -OCH3 is 1. The molecule has 0 spiro atoms. The average Bonchev–Trinajstić information content (AvgIpc) is 3.04. The molecule has 0 bridgehead atoms. The molecule has 2 aromatic heterocycles. The monoisotopic (exact) mass is 303 g/mol. The molecule has 3 rings (SSSR count). The Labute approximate surface area is 129 Å². The highest BCUT2D eigenvalue weighted by molar-refractivity contribution is 5.17. The van der Waals surface area contributed by atoms with Crippen LogP contribution in [0.5, 0.6) is 5.88 Å².